The second-order valence-corrected chi connectivity index (χ2v) is 6.33. The third-order valence-corrected chi connectivity index (χ3v) is 4.26. The van der Waals surface area contributed by atoms with Crippen LogP contribution in [0, 0.1) is 12.7 Å². The molecule has 3 aromatic rings. The molecule has 0 amide bonds. The molecule has 2 aromatic heterocycles. The Labute approximate surface area is 125 Å². The zero-order valence-electron chi connectivity index (χ0n) is 11.2. The molecule has 0 aliphatic heterocycles. The van der Waals surface area contributed by atoms with Crippen molar-refractivity contribution in [3.8, 4) is 0 Å². The molecule has 0 bridgehead atoms. The van der Waals surface area contributed by atoms with E-state index in [0.29, 0.717) is 17.6 Å². The van der Waals surface area contributed by atoms with Gasteiger partial charge in [-0.25, -0.2) is 9.37 Å². The molecule has 2 heterocycles. The number of imidazole rings is 1. The smallest absolute Gasteiger partial charge is 0.128 e. The van der Waals surface area contributed by atoms with Crippen LogP contribution in [0.25, 0.3) is 11.0 Å². The fraction of sp³-hybridized carbons (Fsp3) is 0.267. The van der Waals surface area contributed by atoms with Gasteiger partial charge in [-0.1, -0.05) is 0 Å². The van der Waals surface area contributed by atoms with E-state index in [9.17, 15) is 4.39 Å². The first-order valence-corrected chi connectivity index (χ1v) is 7.75. The lowest BCUT2D eigenvalue weighted by molar-refractivity contribution is 0.620. The predicted octanol–water partition coefficient (Wildman–Crippen LogP) is 4.89. The average molecular weight is 309 g/mol. The Bertz CT molecular complexity index is 747. The number of halogens is 2. The Morgan fingerprint density at radius 3 is 2.90 bits per heavy atom. The van der Waals surface area contributed by atoms with Crippen molar-refractivity contribution in [2.75, 3.05) is 0 Å². The number of aryl methyl sites for hydroxylation is 1. The molecule has 0 saturated heterocycles. The zero-order valence-corrected chi connectivity index (χ0v) is 12.8. The first-order chi connectivity index (χ1) is 9.56. The normalized spacial score (nSPS) is 13.0. The number of fused-ring (bicyclic) bond motifs is 1. The van der Waals surface area contributed by atoms with Gasteiger partial charge in [-0.15, -0.1) is 11.6 Å². The maximum atomic E-state index is 13.7. The molecular weight excluding hydrogens is 295 g/mol. The average Bonchev–Trinajstić information content (AvgIpc) is 3.00. The monoisotopic (exact) mass is 308 g/mol. The third kappa shape index (κ3) is 2.34. The van der Waals surface area contributed by atoms with Crippen molar-refractivity contribution in [1.82, 2.24) is 9.55 Å². The summed E-state index contributed by atoms with van der Waals surface area (Å²) < 4.78 is 15.8. The van der Waals surface area contributed by atoms with Crippen LogP contribution in [0.4, 0.5) is 4.39 Å². The standard InChI is InChI=1S/C15H14ClFN2S/c1-9-5-14-13(6-12(9)17)18-15(10(2)16)19(14)7-11-3-4-20-8-11/h3-6,8,10H,7H2,1-2H3. The molecule has 0 radical (unpaired) electrons. The fourth-order valence-corrected chi connectivity index (χ4v) is 3.13. The van der Waals surface area contributed by atoms with Crippen molar-refractivity contribution in [3.05, 3.63) is 51.7 Å². The molecule has 0 fully saturated rings. The summed E-state index contributed by atoms with van der Waals surface area (Å²) in [6.07, 6.45) is 0. The van der Waals surface area contributed by atoms with Crippen molar-refractivity contribution in [2.24, 2.45) is 0 Å². The lowest BCUT2D eigenvalue weighted by Crippen LogP contribution is -2.05. The van der Waals surface area contributed by atoms with Crippen LogP contribution in [0.3, 0.4) is 0 Å². The van der Waals surface area contributed by atoms with E-state index < -0.39 is 0 Å². The molecule has 1 unspecified atom stereocenters. The Morgan fingerprint density at radius 2 is 2.25 bits per heavy atom. The van der Waals surface area contributed by atoms with E-state index in [0.717, 1.165) is 11.3 Å². The number of rotatable bonds is 3. The van der Waals surface area contributed by atoms with Gasteiger partial charge < -0.3 is 4.57 Å². The highest BCUT2D eigenvalue weighted by Gasteiger charge is 2.16. The van der Waals surface area contributed by atoms with Gasteiger partial charge in [0.1, 0.15) is 11.6 Å². The molecular formula is C15H14ClFN2S. The van der Waals surface area contributed by atoms with Crippen LogP contribution < -0.4 is 0 Å². The van der Waals surface area contributed by atoms with E-state index in [4.69, 9.17) is 11.6 Å². The molecule has 0 aliphatic rings. The molecule has 0 N–H and O–H groups in total. The summed E-state index contributed by atoms with van der Waals surface area (Å²) >= 11 is 7.89. The van der Waals surface area contributed by atoms with Gasteiger partial charge >= 0.3 is 0 Å². The van der Waals surface area contributed by atoms with Crippen molar-refractivity contribution < 1.29 is 4.39 Å². The van der Waals surface area contributed by atoms with Crippen LogP contribution in [-0.2, 0) is 6.54 Å². The molecule has 0 aliphatic carbocycles. The lowest BCUT2D eigenvalue weighted by Gasteiger charge is -2.09. The van der Waals surface area contributed by atoms with Crippen molar-refractivity contribution >= 4 is 34.0 Å². The third-order valence-electron chi connectivity index (χ3n) is 3.33. The van der Waals surface area contributed by atoms with E-state index in [-0.39, 0.29) is 11.2 Å². The van der Waals surface area contributed by atoms with Gasteiger partial charge in [0.05, 0.1) is 23.0 Å². The van der Waals surface area contributed by atoms with E-state index in [2.05, 4.69) is 21.0 Å². The molecule has 0 spiro atoms. The summed E-state index contributed by atoms with van der Waals surface area (Å²) in [5.41, 5.74) is 3.41. The van der Waals surface area contributed by atoms with Crippen LogP contribution in [0.5, 0.6) is 0 Å². The Kier molecular flexibility index (Phi) is 3.52. The van der Waals surface area contributed by atoms with E-state index >= 15 is 0 Å². The highest BCUT2D eigenvalue weighted by atomic mass is 35.5. The highest BCUT2D eigenvalue weighted by molar-refractivity contribution is 7.07. The molecule has 1 atom stereocenters. The first kappa shape index (κ1) is 13.6. The number of hydrogen-bond donors (Lipinski definition) is 0. The molecule has 2 nitrogen and oxygen atoms in total. The molecule has 20 heavy (non-hydrogen) atoms. The first-order valence-electron chi connectivity index (χ1n) is 6.37. The summed E-state index contributed by atoms with van der Waals surface area (Å²) in [5.74, 6) is 0.546. The van der Waals surface area contributed by atoms with E-state index in [1.807, 2.05) is 18.4 Å². The maximum Gasteiger partial charge on any atom is 0.128 e. The minimum absolute atomic E-state index is 0.218. The number of thiophene rings is 1. The van der Waals surface area contributed by atoms with Gasteiger partial charge in [-0.05, 0) is 47.9 Å². The summed E-state index contributed by atoms with van der Waals surface area (Å²) in [7, 11) is 0. The molecule has 104 valence electrons. The number of nitrogens with zero attached hydrogens (tertiary/aromatic N) is 2. The second kappa shape index (κ2) is 5.19. The predicted molar refractivity (Wildman–Crippen MR) is 82.1 cm³/mol. The maximum absolute atomic E-state index is 13.7. The Balaban J connectivity index is 2.20. The van der Waals surface area contributed by atoms with E-state index in [1.165, 1.54) is 11.6 Å². The van der Waals surface area contributed by atoms with Gasteiger partial charge in [0.25, 0.3) is 0 Å². The lowest BCUT2D eigenvalue weighted by atomic mass is 10.2. The Morgan fingerprint density at radius 1 is 1.45 bits per heavy atom. The van der Waals surface area contributed by atoms with Gasteiger partial charge in [0.2, 0.25) is 0 Å². The van der Waals surface area contributed by atoms with Crippen LogP contribution in [0.1, 0.15) is 29.3 Å². The molecule has 1 aromatic carbocycles. The van der Waals surface area contributed by atoms with Crippen LogP contribution in [0.2, 0.25) is 0 Å². The number of alkyl halides is 1. The highest BCUT2D eigenvalue weighted by Crippen LogP contribution is 2.27. The molecule has 3 rings (SSSR count). The largest absolute Gasteiger partial charge is 0.322 e. The zero-order chi connectivity index (χ0) is 14.3. The number of benzene rings is 1. The number of aromatic nitrogens is 2. The van der Waals surface area contributed by atoms with Crippen LogP contribution in [-0.4, -0.2) is 9.55 Å². The van der Waals surface area contributed by atoms with E-state index in [1.54, 1.807) is 18.3 Å². The van der Waals surface area contributed by atoms with Gasteiger partial charge in [0.15, 0.2) is 0 Å². The van der Waals surface area contributed by atoms with Crippen molar-refractivity contribution in [2.45, 2.75) is 25.8 Å². The molecule has 5 heteroatoms. The second-order valence-electron chi connectivity index (χ2n) is 4.89. The van der Waals surface area contributed by atoms with Crippen molar-refractivity contribution in [1.29, 1.82) is 0 Å². The van der Waals surface area contributed by atoms with Crippen LogP contribution >= 0.6 is 22.9 Å². The number of hydrogen-bond acceptors (Lipinski definition) is 2. The SMILES string of the molecule is Cc1cc2c(cc1F)nc(C(C)Cl)n2Cc1ccsc1. The van der Waals surface area contributed by atoms with Gasteiger partial charge in [-0.2, -0.15) is 11.3 Å². The van der Waals surface area contributed by atoms with Gasteiger partial charge in [-0.3, -0.25) is 0 Å². The van der Waals surface area contributed by atoms with Crippen LogP contribution in [0.15, 0.2) is 29.0 Å². The summed E-state index contributed by atoms with van der Waals surface area (Å²) in [5, 5.41) is 3.93. The quantitative estimate of drug-likeness (QED) is 0.630. The summed E-state index contributed by atoms with van der Waals surface area (Å²) in [4.78, 5) is 4.49. The molecule has 0 saturated carbocycles. The topological polar surface area (TPSA) is 17.8 Å². The Hall–Kier alpha value is -1.39. The summed E-state index contributed by atoms with van der Waals surface area (Å²) in [6.45, 7) is 4.36. The summed E-state index contributed by atoms with van der Waals surface area (Å²) in [6, 6.07) is 5.40. The minimum Gasteiger partial charge on any atom is -0.322 e. The van der Waals surface area contributed by atoms with Crippen molar-refractivity contribution in [3.63, 3.8) is 0 Å². The fourth-order valence-electron chi connectivity index (χ4n) is 2.30. The van der Waals surface area contributed by atoms with Gasteiger partial charge in [0, 0.05) is 6.07 Å². The minimum atomic E-state index is -0.230.